The summed E-state index contributed by atoms with van der Waals surface area (Å²) in [6.45, 7) is 1.34. The van der Waals surface area contributed by atoms with Gasteiger partial charge < -0.3 is 0 Å². The highest BCUT2D eigenvalue weighted by molar-refractivity contribution is 6.07. The van der Waals surface area contributed by atoms with Crippen LogP contribution < -0.4 is 10.7 Å². The third kappa shape index (κ3) is 1.79. The standard InChI is InChI=1S/C11H8N2O3/c1-6(14)5-9(15)7-3-2-4-8-10(7)13-11(16)12-8/h2-4H,5H2,1H3. The molecule has 0 radical (unpaired) electrons. The summed E-state index contributed by atoms with van der Waals surface area (Å²) in [5.74, 6) is -0.554. The van der Waals surface area contributed by atoms with E-state index >= 15 is 0 Å². The fourth-order valence-corrected chi connectivity index (χ4v) is 1.51. The first-order valence-electron chi connectivity index (χ1n) is 4.71. The van der Waals surface area contributed by atoms with E-state index in [1.165, 1.54) is 6.92 Å². The molecule has 0 fully saturated rings. The molecule has 0 N–H and O–H groups in total. The second-order valence-electron chi connectivity index (χ2n) is 3.48. The maximum Gasteiger partial charge on any atom is 0.368 e. The lowest BCUT2D eigenvalue weighted by atomic mass is 10.1. The summed E-state index contributed by atoms with van der Waals surface area (Å²) in [5, 5.41) is 0.665. The Balaban J connectivity index is 2.55. The van der Waals surface area contributed by atoms with Gasteiger partial charge in [-0.25, -0.2) is 4.79 Å². The average molecular weight is 216 g/mol. The Kier molecular flexibility index (Phi) is 2.44. The van der Waals surface area contributed by atoms with Crippen LogP contribution in [0.4, 0.5) is 4.79 Å². The molecule has 0 saturated heterocycles. The zero-order valence-electron chi connectivity index (χ0n) is 8.56. The van der Waals surface area contributed by atoms with E-state index in [0.717, 1.165) is 0 Å². The largest absolute Gasteiger partial charge is 0.368 e. The Morgan fingerprint density at radius 3 is 2.69 bits per heavy atom. The van der Waals surface area contributed by atoms with Gasteiger partial charge in [0.15, 0.2) is 5.78 Å². The summed E-state index contributed by atoms with van der Waals surface area (Å²) in [7, 11) is 0. The highest BCUT2D eigenvalue weighted by Gasteiger charge is 2.15. The topological polar surface area (TPSA) is 75.9 Å². The third-order valence-electron chi connectivity index (χ3n) is 2.15. The smallest absolute Gasteiger partial charge is 0.300 e. The molecule has 2 amide bonds. The van der Waals surface area contributed by atoms with Crippen molar-refractivity contribution in [2.45, 2.75) is 13.3 Å². The van der Waals surface area contributed by atoms with Crippen LogP contribution in [0.1, 0.15) is 23.7 Å². The summed E-state index contributed by atoms with van der Waals surface area (Å²) in [6.07, 6.45) is -0.180. The van der Waals surface area contributed by atoms with Crippen molar-refractivity contribution in [3.05, 3.63) is 34.5 Å². The minimum absolute atomic E-state index is 0.180. The van der Waals surface area contributed by atoms with Crippen molar-refractivity contribution in [1.82, 2.24) is 0 Å². The maximum absolute atomic E-state index is 11.7. The predicted octanol–water partition coefficient (Wildman–Crippen LogP) is 0.221. The Bertz CT molecular complexity index is 617. The number of rotatable bonds is 3. The number of carbonyl (C=O) groups is 3. The Hall–Kier alpha value is -2.17. The number of para-hydroxylation sites is 1. The van der Waals surface area contributed by atoms with Gasteiger partial charge in [0.25, 0.3) is 0 Å². The molecule has 5 nitrogen and oxygen atoms in total. The zero-order valence-corrected chi connectivity index (χ0v) is 8.56. The molecule has 1 aromatic rings. The van der Waals surface area contributed by atoms with Gasteiger partial charge in [-0.2, -0.15) is 9.98 Å². The summed E-state index contributed by atoms with van der Waals surface area (Å²) >= 11 is 0. The van der Waals surface area contributed by atoms with E-state index in [2.05, 4.69) is 9.98 Å². The molecule has 1 aliphatic heterocycles. The van der Waals surface area contributed by atoms with Gasteiger partial charge in [-0.05, 0) is 19.1 Å². The number of fused-ring (bicyclic) bond motifs is 1. The number of nitrogens with zero attached hydrogens (tertiary/aromatic N) is 2. The minimum Gasteiger partial charge on any atom is -0.300 e. The number of benzene rings is 1. The second-order valence-corrected chi connectivity index (χ2v) is 3.48. The van der Waals surface area contributed by atoms with Crippen LogP contribution in [-0.4, -0.2) is 17.6 Å². The first-order valence-corrected chi connectivity index (χ1v) is 4.71. The van der Waals surface area contributed by atoms with Gasteiger partial charge in [0.05, 0.1) is 11.8 Å². The van der Waals surface area contributed by atoms with E-state index in [4.69, 9.17) is 0 Å². The number of amides is 2. The van der Waals surface area contributed by atoms with Crippen molar-refractivity contribution in [3.63, 3.8) is 0 Å². The molecule has 0 saturated carbocycles. The molecule has 0 atom stereocenters. The summed E-state index contributed by atoms with van der Waals surface area (Å²) < 4.78 is 0. The molecule has 0 unspecified atom stereocenters. The van der Waals surface area contributed by atoms with Crippen LogP contribution in [0.5, 0.6) is 0 Å². The molecular formula is C11H8N2O3. The quantitative estimate of drug-likeness (QED) is 0.535. The van der Waals surface area contributed by atoms with Gasteiger partial charge in [0.1, 0.15) is 11.1 Å². The van der Waals surface area contributed by atoms with E-state index in [1.807, 2.05) is 0 Å². The molecule has 1 aliphatic rings. The first kappa shape index (κ1) is 10.4. The molecule has 1 aromatic carbocycles. The lowest BCUT2D eigenvalue weighted by Gasteiger charge is -1.96. The van der Waals surface area contributed by atoms with E-state index < -0.39 is 6.03 Å². The van der Waals surface area contributed by atoms with Crippen molar-refractivity contribution in [3.8, 4) is 0 Å². The van der Waals surface area contributed by atoms with Crippen molar-refractivity contribution in [2.75, 3.05) is 0 Å². The summed E-state index contributed by atoms with van der Waals surface area (Å²) in [6, 6.07) is 4.15. The third-order valence-corrected chi connectivity index (χ3v) is 2.15. The number of hydrogen-bond donors (Lipinski definition) is 0. The van der Waals surface area contributed by atoms with E-state index in [0.29, 0.717) is 5.36 Å². The van der Waals surface area contributed by atoms with Gasteiger partial charge in [-0.1, -0.05) is 6.07 Å². The lowest BCUT2D eigenvalue weighted by molar-refractivity contribution is -0.116. The van der Waals surface area contributed by atoms with E-state index in [-0.39, 0.29) is 28.9 Å². The number of carbonyl (C=O) groups excluding carboxylic acids is 3. The van der Waals surface area contributed by atoms with Crippen LogP contribution in [0.25, 0.3) is 0 Å². The molecule has 1 heterocycles. The van der Waals surface area contributed by atoms with Gasteiger partial charge in [-0.15, -0.1) is 0 Å². The van der Waals surface area contributed by atoms with E-state index in [9.17, 15) is 14.4 Å². The van der Waals surface area contributed by atoms with Crippen LogP contribution in [-0.2, 0) is 4.79 Å². The number of Topliss-reactive ketones (excluding diaryl/α,β-unsaturated/α-hetero) is 2. The molecule has 0 aliphatic carbocycles. The Labute approximate surface area is 90.5 Å². The van der Waals surface area contributed by atoms with Crippen LogP contribution in [0.15, 0.2) is 28.2 Å². The maximum atomic E-state index is 11.7. The van der Waals surface area contributed by atoms with Crippen LogP contribution in [0.3, 0.4) is 0 Å². The number of hydrogen-bond acceptors (Lipinski definition) is 3. The van der Waals surface area contributed by atoms with Gasteiger partial charge >= 0.3 is 6.03 Å². The van der Waals surface area contributed by atoms with Crippen molar-refractivity contribution >= 4 is 17.6 Å². The normalized spacial score (nSPS) is 12.7. The molecule has 5 heteroatoms. The Morgan fingerprint density at radius 1 is 1.25 bits per heavy atom. The van der Waals surface area contributed by atoms with Gasteiger partial charge in [0, 0.05) is 5.56 Å². The Morgan fingerprint density at radius 2 is 2.00 bits per heavy atom. The number of ketones is 2. The average Bonchev–Trinajstić information content (AvgIpc) is 2.55. The molecule has 16 heavy (non-hydrogen) atoms. The van der Waals surface area contributed by atoms with Gasteiger partial charge in [0.2, 0.25) is 0 Å². The first-order chi connectivity index (χ1) is 7.58. The van der Waals surface area contributed by atoms with Crippen molar-refractivity contribution in [1.29, 1.82) is 0 Å². The van der Waals surface area contributed by atoms with Crippen molar-refractivity contribution in [2.24, 2.45) is 9.98 Å². The van der Waals surface area contributed by atoms with Crippen molar-refractivity contribution < 1.29 is 14.4 Å². The minimum atomic E-state index is -0.613. The SMILES string of the molecule is CC(=O)CC(=O)c1cccc2c1=NC(=O)N=2. The highest BCUT2D eigenvalue weighted by atomic mass is 16.2. The van der Waals surface area contributed by atoms with E-state index in [1.54, 1.807) is 18.2 Å². The summed E-state index contributed by atoms with van der Waals surface area (Å²) in [5.41, 5.74) is 0.280. The van der Waals surface area contributed by atoms with Crippen LogP contribution >= 0.6 is 0 Å². The number of urea groups is 1. The highest BCUT2D eigenvalue weighted by Crippen LogP contribution is 1.99. The summed E-state index contributed by atoms with van der Waals surface area (Å²) in [4.78, 5) is 40.8. The fraction of sp³-hybridized carbons (Fsp3) is 0.182. The second kappa shape index (κ2) is 3.77. The predicted molar refractivity (Wildman–Crippen MR) is 53.8 cm³/mol. The fourth-order valence-electron chi connectivity index (χ4n) is 1.51. The molecule has 0 aromatic heterocycles. The monoisotopic (exact) mass is 216 g/mol. The molecular weight excluding hydrogens is 208 g/mol. The van der Waals surface area contributed by atoms with Crippen LogP contribution in [0, 0.1) is 0 Å². The van der Waals surface area contributed by atoms with Gasteiger partial charge in [-0.3, -0.25) is 9.59 Å². The molecule has 2 rings (SSSR count). The molecule has 0 bridgehead atoms. The zero-order chi connectivity index (χ0) is 11.7. The molecule has 0 spiro atoms. The van der Waals surface area contributed by atoms with Crippen LogP contribution in [0.2, 0.25) is 0 Å². The lowest BCUT2D eigenvalue weighted by Crippen LogP contribution is -2.28. The molecule has 80 valence electrons.